The van der Waals surface area contributed by atoms with Crippen molar-refractivity contribution < 1.29 is 4.74 Å². The molecule has 2 aromatic rings. The molecule has 1 N–H and O–H groups in total. The number of morpholine rings is 1. The van der Waals surface area contributed by atoms with Crippen molar-refractivity contribution in [3.8, 4) is 0 Å². The zero-order chi connectivity index (χ0) is 17.1. The van der Waals surface area contributed by atoms with Crippen molar-refractivity contribution in [3.05, 3.63) is 46.1 Å². The first kappa shape index (κ1) is 17.2. The Bertz CT molecular complexity index is 682. The van der Waals surface area contributed by atoms with Gasteiger partial charge in [0.1, 0.15) is 10.4 Å². The summed E-state index contributed by atoms with van der Waals surface area (Å²) in [7, 11) is 0. The quantitative estimate of drug-likeness (QED) is 0.805. The number of nitrogens with zero attached hydrogens (tertiary/aromatic N) is 3. The van der Waals surface area contributed by atoms with E-state index < -0.39 is 0 Å². The predicted octanol–water partition coefficient (Wildman–Crippen LogP) is 3.77. The highest BCUT2D eigenvalue weighted by molar-refractivity contribution is 9.10. The third-order valence-corrected chi connectivity index (χ3v) is 4.40. The number of hydrogen-bond donors (Lipinski definition) is 1. The van der Waals surface area contributed by atoms with Crippen LogP contribution in [-0.4, -0.2) is 35.3 Å². The summed E-state index contributed by atoms with van der Waals surface area (Å²) in [6.07, 6.45) is 0.401. The first-order valence-corrected chi connectivity index (χ1v) is 9.03. The van der Waals surface area contributed by atoms with E-state index >= 15 is 0 Å². The second-order valence-corrected chi connectivity index (χ2v) is 7.19. The minimum atomic E-state index is 0.200. The van der Waals surface area contributed by atoms with Gasteiger partial charge in [0, 0.05) is 25.7 Å². The van der Waals surface area contributed by atoms with Crippen molar-refractivity contribution in [1.29, 1.82) is 0 Å². The number of nitrogens with one attached hydrogen (secondary N) is 1. The molecule has 0 amide bonds. The van der Waals surface area contributed by atoms with Gasteiger partial charge in [-0.05, 0) is 42.3 Å². The first-order chi connectivity index (χ1) is 11.5. The van der Waals surface area contributed by atoms with E-state index in [4.69, 9.17) is 4.74 Å². The SMILES string of the molecule is Cc1ccc(CNc2nc(Br)cc(N3C[C@@H](C)O[C@@H](C)C3)n2)cc1. The summed E-state index contributed by atoms with van der Waals surface area (Å²) in [5.41, 5.74) is 2.47. The molecule has 0 aliphatic carbocycles. The minimum Gasteiger partial charge on any atom is -0.372 e. The van der Waals surface area contributed by atoms with Gasteiger partial charge in [-0.25, -0.2) is 4.98 Å². The van der Waals surface area contributed by atoms with E-state index in [0.717, 1.165) is 23.5 Å². The van der Waals surface area contributed by atoms with Gasteiger partial charge in [-0.1, -0.05) is 29.8 Å². The largest absolute Gasteiger partial charge is 0.372 e. The van der Waals surface area contributed by atoms with Gasteiger partial charge in [0.15, 0.2) is 0 Å². The first-order valence-electron chi connectivity index (χ1n) is 8.24. The molecule has 1 aliphatic rings. The Morgan fingerprint density at radius 3 is 2.50 bits per heavy atom. The Labute approximate surface area is 151 Å². The second kappa shape index (κ2) is 7.49. The van der Waals surface area contributed by atoms with Crippen LogP contribution in [0.15, 0.2) is 34.9 Å². The summed E-state index contributed by atoms with van der Waals surface area (Å²) in [5.74, 6) is 1.55. The van der Waals surface area contributed by atoms with E-state index in [1.54, 1.807) is 0 Å². The molecule has 1 aromatic carbocycles. The highest BCUT2D eigenvalue weighted by Gasteiger charge is 2.23. The molecular formula is C18H23BrN4O. The molecule has 0 saturated carbocycles. The smallest absolute Gasteiger partial charge is 0.225 e. The molecule has 5 nitrogen and oxygen atoms in total. The Balaban J connectivity index is 1.72. The zero-order valence-corrected chi connectivity index (χ0v) is 15.9. The summed E-state index contributed by atoms with van der Waals surface area (Å²) < 4.78 is 6.58. The zero-order valence-electron chi connectivity index (χ0n) is 14.3. The molecule has 2 atom stereocenters. The Morgan fingerprint density at radius 2 is 1.83 bits per heavy atom. The van der Waals surface area contributed by atoms with Crippen LogP contribution in [-0.2, 0) is 11.3 Å². The Hall–Kier alpha value is -1.66. The van der Waals surface area contributed by atoms with E-state index in [-0.39, 0.29) is 12.2 Å². The van der Waals surface area contributed by atoms with Crippen LogP contribution in [0.25, 0.3) is 0 Å². The number of aryl methyl sites for hydroxylation is 1. The lowest BCUT2D eigenvalue weighted by atomic mass is 10.1. The van der Waals surface area contributed by atoms with Crippen LogP contribution in [0, 0.1) is 6.92 Å². The van der Waals surface area contributed by atoms with Gasteiger partial charge in [-0.15, -0.1) is 0 Å². The molecule has 1 saturated heterocycles. The molecule has 24 heavy (non-hydrogen) atoms. The molecular weight excluding hydrogens is 368 g/mol. The van der Waals surface area contributed by atoms with Crippen LogP contribution in [0.3, 0.4) is 0 Å². The van der Waals surface area contributed by atoms with Crippen molar-refractivity contribution in [3.63, 3.8) is 0 Å². The second-order valence-electron chi connectivity index (χ2n) is 6.37. The average molecular weight is 391 g/mol. The maximum absolute atomic E-state index is 5.80. The monoisotopic (exact) mass is 390 g/mol. The Morgan fingerprint density at radius 1 is 1.17 bits per heavy atom. The van der Waals surface area contributed by atoms with Gasteiger partial charge in [-0.2, -0.15) is 4.98 Å². The summed E-state index contributed by atoms with van der Waals surface area (Å²) >= 11 is 3.50. The van der Waals surface area contributed by atoms with Crippen molar-refractivity contribution >= 4 is 27.7 Å². The number of benzene rings is 1. The van der Waals surface area contributed by atoms with Crippen LogP contribution in [0.5, 0.6) is 0 Å². The number of aromatic nitrogens is 2. The van der Waals surface area contributed by atoms with E-state index in [1.165, 1.54) is 11.1 Å². The number of anilines is 2. The molecule has 128 valence electrons. The van der Waals surface area contributed by atoms with Crippen LogP contribution in [0.2, 0.25) is 0 Å². The van der Waals surface area contributed by atoms with E-state index in [1.807, 2.05) is 6.07 Å². The fourth-order valence-corrected chi connectivity index (χ4v) is 3.27. The normalized spacial score (nSPS) is 20.9. The molecule has 0 bridgehead atoms. The summed E-state index contributed by atoms with van der Waals surface area (Å²) in [5, 5.41) is 3.31. The standard InChI is InChI=1S/C18H23BrN4O/c1-12-4-6-15(7-5-12)9-20-18-21-16(19)8-17(22-18)23-10-13(2)24-14(3)11-23/h4-8,13-14H,9-11H2,1-3H3,(H,20,21,22)/t13-,14+. The molecule has 1 aromatic heterocycles. The lowest BCUT2D eigenvalue weighted by Gasteiger charge is -2.36. The van der Waals surface area contributed by atoms with E-state index in [0.29, 0.717) is 12.5 Å². The number of halogens is 1. The molecule has 0 spiro atoms. The third kappa shape index (κ3) is 4.45. The average Bonchev–Trinajstić information content (AvgIpc) is 2.53. The van der Waals surface area contributed by atoms with Gasteiger partial charge in [0.25, 0.3) is 0 Å². The molecule has 0 unspecified atom stereocenters. The number of ether oxygens (including phenoxy) is 1. The fourth-order valence-electron chi connectivity index (χ4n) is 2.90. The van der Waals surface area contributed by atoms with Gasteiger partial charge in [0.2, 0.25) is 5.95 Å². The molecule has 2 heterocycles. The van der Waals surface area contributed by atoms with Crippen LogP contribution in [0.4, 0.5) is 11.8 Å². The summed E-state index contributed by atoms with van der Waals surface area (Å²) in [6, 6.07) is 10.4. The number of rotatable bonds is 4. The van der Waals surface area contributed by atoms with Crippen LogP contribution in [0.1, 0.15) is 25.0 Å². The maximum atomic E-state index is 5.80. The Kier molecular flexibility index (Phi) is 5.36. The van der Waals surface area contributed by atoms with Gasteiger partial charge in [0.05, 0.1) is 12.2 Å². The maximum Gasteiger partial charge on any atom is 0.225 e. The number of hydrogen-bond acceptors (Lipinski definition) is 5. The molecule has 6 heteroatoms. The van der Waals surface area contributed by atoms with E-state index in [2.05, 4.69) is 81.2 Å². The lowest BCUT2D eigenvalue weighted by molar-refractivity contribution is -0.00546. The highest BCUT2D eigenvalue weighted by atomic mass is 79.9. The van der Waals surface area contributed by atoms with Crippen LogP contribution < -0.4 is 10.2 Å². The summed E-state index contributed by atoms with van der Waals surface area (Å²) in [4.78, 5) is 11.4. The molecule has 1 aliphatic heterocycles. The van der Waals surface area contributed by atoms with Crippen LogP contribution >= 0.6 is 15.9 Å². The van der Waals surface area contributed by atoms with E-state index in [9.17, 15) is 0 Å². The van der Waals surface area contributed by atoms with Gasteiger partial charge >= 0.3 is 0 Å². The molecule has 0 radical (unpaired) electrons. The summed E-state index contributed by atoms with van der Waals surface area (Å²) in [6.45, 7) is 8.65. The van der Waals surface area contributed by atoms with Crippen molar-refractivity contribution in [2.45, 2.75) is 39.5 Å². The fraction of sp³-hybridized carbons (Fsp3) is 0.444. The highest BCUT2D eigenvalue weighted by Crippen LogP contribution is 2.22. The minimum absolute atomic E-state index is 0.200. The predicted molar refractivity (Wildman–Crippen MR) is 100 cm³/mol. The van der Waals surface area contributed by atoms with Crippen molar-refractivity contribution in [2.75, 3.05) is 23.3 Å². The lowest BCUT2D eigenvalue weighted by Crippen LogP contribution is -2.45. The third-order valence-electron chi connectivity index (χ3n) is 4.00. The molecule has 1 fully saturated rings. The van der Waals surface area contributed by atoms with Crippen molar-refractivity contribution in [1.82, 2.24) is 9.97 Å². The van der Waals surface area contributed by atoms with Gasteiger partial charge in [-0.3, -0.25) is 0 Å². The van der Waals surface area contributed by atoms with Crippen molar-refractivity contribution in [2.24, 2.45) is 0 Å². The topological polar surface area (TPSA) is 50.3 Å². The molecule has 3 rings (SSSR count). The van der Waals surface area contributed by atoms with Gasteiger partial charge < -0.3 is 15.0 Å².